The van der Waals surface area contributed by atoms with Gasteiger partial charge in [0.25, 0.3) is 0 Å². The Morgan fingerprint density at radius 3 is 2.39 bits per heavy atom. The van der Waals surface area contributed by atoms with Gasteiger partial charge in [0.15, 0.2) is 0 Å². The first-order chi connectivity index (χ1) is 8.69. The zero-order valence-electron chi connectivity index (χ0n) is 10.1. The van der Waals surface area contributed by atoms with E-state index in [0.29, 0.717) is 0 Å². The van der Waals surface area contributed by atoms with Crippen LogP contribution in [0, 0.1) is 0 Å². The number of hydrogen-bond donors (Lipinski definition) is 1. The second-order valence-corrected chi connectivity index (χ2v) is 5.57. The molecule has 0 amide bonds. The lowest BCUT2D eigenvalue weighted by atomic mass is 10.1. The van der Waals surface area contributed by atoms with Gasteiger partial charge in [-0.2, -0.15) is 0 Å². The summed E-state index contributed by atoms with van der Waals surface area (Å²) < 4.78 is 0. The van der Waals surface area contributed by atoms with Crippen LogP contribution in [0.4, 0.5) is 0 Å². The van der Waals surface area contributed by atoms with E-state index in [1.807, 2.05) is 36.5 Å². The smallest absolute Gasteiger partial charge is 0.0571 e. The number of halogens is 1. The molecule has 0 fully saturated rings. The molecule has 94 valence electrons. The molecule has 2 rings (SSSR count). The van der Waals surface area contributed by atoms with E-state index >= 15 is 0 Å². The molecule has 1 heterocycles. The van der Waals surface area contributed by atoms with E-state index < -0.39 is 0 Å². The molecular weight excluding hydrogens is 264 g/mol. The van der Waals surface area contributed by atoms with Crippen LogP contribution in [-0.2, 0) is 0 Å². The normalized spacial score (nSPS) is 12.4. The highest BCUT2D eigenvalue weighted by Gasteiger charge is 2.05. The van der Waals surface area contributed by atoms with Crippen LogP contribution in [0.25, 0.3) is 0 Å². The van der Waals surface area contributed by atoms with Gasteiger partial charge in [-0.3, -0.25) is 4.98 Å². The van der Waals surface area contributed by atoms with Crippen LogP contribution in [-0.4, -0.2) is 4.98 Å². The van der Waals surface area contributed by atoms with Crippen molar-refractivity contribution >= 4 is 23.4 Å². The maximum Gasteiger partial charge on any atom is 0.0571 e. The highest BCUT2D eigenvalue weighted by molar-refractivity contribution is 7.99. The zero-order valence-corrected chi connectivity index (χ0v) is 11.7. The molecular formula is C14H15ClN2S. The number of nitrogens with two attached hydrogens (primary N) is 1. The van der Waals surface area contributed by atoms with Crippen molar-refractivity contribution in [1.82, 2.24) is 4.98 Å². The monoisotopic (exact) mass is 278 g/mol. The largest absolute Gasteiger partial charge is 0.323 e. The summed E-state index contributed by atoms with van der Waals surface area (Å²) >= 11 is 7.51. The fourth-order valence-electron chi connectivity index (χ4n) is 1.52. The Morgan fingerprint density at radius 2 is 1.83 bits per heavy atom. The third-order valence-electron chi connectivity index (χ3n) is 2.63. The summed E-state index contributed by atoms with van der Waals surface area (Å²) in [6, 6.07) is 11.8. The Kier molecular flexibility index (Phi) is 4.64. The molecule has 0 saturated carbocycles. The molecule has 0 saturated heterocycles. The summed E-state index contributed by atoms with van der Waals surface area (Å²) in [7, 11) is 0. The molecule has 1 aromatic carbocycles. The summed E-state index contributed by atoms with van der Waals surface area (Å²) in [6.07, 6.45) is 2.76. The second-order valence-electron chi connectivity index (χ2n) is 3.99. The van der Waals surface area contributed by atoms with E-state index in [1.165, 1.54) is 0 Å². The van der Waals surface area contributed by atoms with E-state index in [4.69, 9.17) is 17.3 Å². The molecule has 2 nitrogen and oxygen atoms in total. The predicted molar refractivity (Wildman–Crippen MR) is 77.0 cm³/mol. The maximum absolute atomic E-state index is 5.93. The van der Waals surface area contributed by atoms with E-state index in [-0.39, 0.29) is 6.04 Å². The first-order valence-corrected chi connectivity index (χ1v) is 7.03. The van der Waals surface area contributed by atoms with Crippen LogP contribution in [0.5, 0.6) is 0 Å². The molecule has 1 aromatic heterocycles. The van der Waals surface area contributed by atoms with E-state index in [1.54, 1.807) is 11.8 Å². The summed E-state index contributed by atoms with van der Waals surface area (Å²) in [4.78, 5) is 6.64. The van der Waals surface area contributed by atoms with Crippen molar-refractivity contribution in [3.05, 3.63) is 53.3 Å². The van der Waals surface area contributed by atoms with Crippen molar-refractivity contribution in [2.45, 2.75) is 29.2 Å². The Morgan fingerprint density at radius 1 is 1.17 bits per heavy atom. The number of hydrogen-bond acceptors (Lipinski definition) is 3. The van der Waals surface area contributed by atoms with Gasteiger partial charge in [-0.25, -0.2) is 0 Å². The standard InChI is InChI=1S/C14H15ClN2S/c1-2-13(16)14-8-7-12(9-17-14)18-11-5-3-10(15)4-6-11/h3-9,13H,2,16H2,1H3/t13-/m0/s1. The molecule has 18 heavy (non-hydrogen) atoms. The van der Waals surface area contributed by atoms with Crippen molar-refractivity contribution < 1.29 is 0 Å². The second kappa shape index (κ2) is 6.23. The lowest BCUT2D eigenvalue weighted by molar-refractivity contribution is 0.674. The van der Waals surface area contributed by atoms with Gasteiger partial charge in [-0.1, -0.05) is 30.3 Å². The van der Waals surface area contributed by atoms with E-state index in [9.17, 15) is 0 Å². The molecule has 2 aromatic rings. The quantitative estimate of drug-likeness (QED) is 0.906. The lowest BCUT2D eigenvalue weighted by Gasteiger charge is -2.08. The summed E-state index contributed by atoms with van der Waals surface area (Å²) in [6.45, 7) is 2.06. The summed E-state index contributed by atoms with van der Waals surface area (Å²) in [5, 5.41) is 0.752. The minimum absolute atomic E-state index is 0.0274. The molecule has 4 heteroatoms. The highest BCUT2D eigenvalue weighted by atomic mass is 35.5. The van der Waals surface area contributed by atoms with Crippen LogP contribution in [0.2, 0.25) is 5.02 Å². The number of rotatable bonds is 4. The topological polar surface area (TPSA) is 38.9 Å². The molecule has 0 radical (unpaired) electrons. The Hall–Kier alpha value is -1.03. The van der Waals surface area contributed by atoms with Gasteiger partial charge in [0.1, 0.15) is 0 Å². The predicted octanol–water partition coefficient (Wildman–Crippen LogP) is 4.30. The maximum atomic E-state index is 5.93. The van der Waals surface area contributed by atoms with Crippen LogP contribution in [0.1, 0.15) is 25.1 Å². The van der Waals surface area contributed by atoms with Crippen molar-refractivity contribution in [2.75, 3.05) is 0 Å². The van der Waals surface area contributed by atoms with Gasteiger partial charge in [0.2, 0.25) is 0 Å². The number of benzene rings is 1. The fourth-order valence-corrected chi connectivity index (χ4v) is 2.43. The number of aromatic nitrogens is 1. The highest BCUT2D eigenvalue weighted by Crippen LogP contribution is 2.28. The molecule has 0 unspecified atom stereocenters. The SMILES string of the molecule is CC[C@H](N)c1ccc(Sc2ccc(Cl)cc2)cn1. The van der Waals surface area contributed by atoms with Gasteiger partial charge in [0.05, 0.1) is 5.69 Å². The van der Waals surface area contributed by atoms with E-state index in [0.717, 1.165) is 26.9 Å². The van der Waals surface area contributed by atoms with Crippen molar-refractivity contribution in [3.63, 3.8) is 0 Å². The van der Waals surface area contributed by atoms with Gasteiger partial charge >= 0.3 is 0 Å². The third kappa shape index (κ3) is 3.48. The fraction of sp³-hybridized carbons (Fsp3) is 0.214. The average Bonchev–Trinajstić information content (AvgIpc) is 2.41. The zero-order chi connectivity index (χ0) is 13.0. The summed E-state index contributed by atoms with van der Waals surface area (Å²) in [5.41, 5.74) is 6.87. The van der Waals surface area contributed by atoms with Gasteiger partial charge in [-0.15, -0.1) is 0 Å². The van der Waals surface area contributed by atoms with Crippen molar-refractivity contribution in [1.29, 1.82) is 0 Å². The summed E-state index contributed by atoms with van der Waals surface area (Å²) in [5.74, 6) is 0. The van der Waals surface area contributed by atoms with Crippen LogP contribution >= 0.6 is 23.4 Å². The first-order valence-electron chi connectivity index (χ1n) is 5.84. The Bertz CT molecular complexity index is 496. The van der Waals surface area contributed by atoms with Crippen LogP contribution < -0.4 is 5.73 Å². The lowest BCUT2D eigenvalue weighted by Crippen LogP contribution is -2.10. The van der Waals surface area contributed by atoms with Crippen LogP contribution in [0.3, 0.4) is 0 Å². The van der Waals surface area contributed by atoms with Crippen molar-refractivity contribution in [2.24, 2.45) is 5.73 Å². The van der Waals surface area contributed by atoms with Gasteiger partial charge in [0, 0.05) is 27.1 Å². The average molecular weight is 279 g/mol. The molecule has 0 bridgehead atoms. The molecule has 2 N–H and O–H groups in total. The van der Waals surface area contributed by atoms with Gasteiger partial charge in [-0.05, 0) is 42.8 Å². The number of pyridine rings is 1. The molecule has 0 aliphatic rings. The Balaban J connectivity index is 2.08. The van der Waals surface area contributed by atoms with E-state index in [2.05, 4.69) is 18.0 Å². The minimum atomic E-state index is 0.0274. The van der Waals surface area contributed by atoms with Gasteiger partial charge < -0.3 is 5.73 Å². The first kappa shape index (κ1) is 13.4. The molecule has 0 aliphatic carbocycles. The van der Waals surface area contributed by atoms with Crippen LogP contribution in [0.15, 0.2) is 52.4 Å². The van der Waals surface area contributed by atoms with Crippen molar-refractivity contribution in [3.8, 4) is 0 Å². The minimum Gasteiger partial charge on any atom is -0.323 e. The Labute approximate surface area is 117 Å². The third-order valence-corrected chi connectivity index (χ3v) is 3.87. The molecule has 0 aliphatic heterocycles. The number of nitrogens with zero attached hydrogens (tertiary/aromatic N) is 1. The molecule has 0 spiro atoms. The molecule has 1 atom stereocenters.